The minimum absolute atomic E-state index is 0.369. The number of benzene rings is 1. The summed E-state index contributed by atoms with van der Waals surface area (Å²) in [5.41, 5.74) is 2.83. The van der Waals surface area contributed by atoms with Crippen LogP contribution in [0.1, 0.15) is 24.4 Å². The lowest BCUT2D eigenvalue weighted by Gasteiger charge is -2.10. The molecular weight excluding hydrogens is 344 g/mol. The van der Waals surface area contributed by atoms with Crippen LogP contribution in [-0.2, 0) is 7.05 Å². The Balaban J connectivity index is 1.53. The van der Waals surface area contributed by atoms with Crippen LogP contribution in [0.2, 0.25) is 0 Å². The van der Waals surface area contributed by atoms with Crippen molar-refractivity contribution < 1.29 is 4.74 Å². The van der Waals surface area contributed by atoms with E-state index in [0.717, 1.165) is 16.8 Å². The summed E-state index contributed by atoms with van der Waals surface area (Å²) in [5.74, 6) is 1.13. The predicted octanol–water partition coefficient (Wildman–Crippen LogP) is 2.30. The summed E-state index contributed by atoms with van der Waals surface area (Å²) in [5, 5.41) is 20.9. The molecule has 0 aliphatic rings. The quantitative estimate of drug-likeness (QED) is 0.537. The summed E-state index contributed by atoms with van der Waals surface area (Å²) in [6, 6.07) is 12.0. The number of aryl methyl sites for hydroxylation is 1. The molecule has 0 aliphatic heterocycles. The van der Waals surface area contributed by atoms with Crippen molar-refractivity contribution in [1.29, 1.82) is 0 Å². The van der Waals surface area contributed by atoms with E-state index < -0.39 is 6.10 Å². The highest BCUT2D eigenvalue weighted by atomic mass is 16.5. The lowest BCUT2D eigenvalue weighted by Crippen LogP contribution is -2.09. The average molecular weight is 362 g/mol. The Bertz CT molecular complexity index is 1060. The summed E-state index contributed by atoms with van der Waals surface area (Å²) in [6.07, 6.45) is 3.00. The molecule has 136 valence electrons. The zero-order chi connectivity index (χ0) is 18.8. The summed E-state index contributed by atoms with van der Waals surface area (Å²) < 4.78 is 7.66. The van der Waals surface area contributed by atoms with Crippen molar-refractivity contribution in [3.63, 3.8) is 0 Å². The van der Waals surface area contributed by atoms with Crippen LogP contribution in [0.25, 0.3) is 17.1 Å². The number of nitrogens with zero attached hydrogens (tertiary/aromatic N) is 8. The number of hydrogen-bond acceptors (Lipinski definition) is 7. The van der Waals surface area contributed by atoms with Crippen LogP contribution in [0.15, 0.2) is 48.8 Å². The number of aromatic nitrogens is 8. The maximum absolute atomic E-state index is 5.90. The zero-order valence-electron chi connectivity index (χ0n) is 15.2. The van der Waals surface area contributed by atoms with Gasteiger partial charge in [-0.05, 0) is 48.9 Å². The van der Waals surface area contributed by atoms with Crippen LogP contribution in [0.5, 0.6) is 6.01 Å². The van der Waals surface area contributed by atoms with Gasteiger partial charge in [0.1, 0.15) is 0 Å². The maximum Gasteiger partial charge on any atom is 0.317 e. The van der Waals surface area contributed by atoms with E-state index in [0.29, 0.717) is 17.7 Å². The van der Waals surface area contributed by atoms with E-state index in [1.165, 1.54) is 4.80 Å². The molecule has 9 heteroatoms. The van der Waals surface area contributed by atoms with Crippen LogP contribution in [0.4, 0.5) is 0 Å². The average Bonchev–Trinajstić information content (AvgIpc) is 3.31. The third-order valence-corrected chi connectivity index (χ3v) is 4.06. The molecule has 0 fully saturated rings. The molecule has 1 aromatic carbocycles. The van der Waals surface area contributed by atoms with E-state index in [1.54, 1.807) is 17.0 Å². The van der Waals surface area contributed by atoms with Gasteiger partial charge in [-0.1, -0.05) is 17.2 Å². The standard InChI is InChI=1S/C18H18N8O/c1-12-6-4-8-15(10-12)26-23-16(20-24-26)13(2)27-18-22-21-17(25(18)3)14-7-5-9-19-11-14/h4-11,13H,1-3H3. The van der Waals surface area contributed by atoms with E-state index in [2.05, 4.69) is 30.6 Å². The van der Waals surface area contributed by atoms with Gasteiger partial charge in [0.05, 0.1) is 5.69 Å². The van der Waals surface area contributed by atoms with E-state index in [1.807, 2.05) is 57.3 Å². The number of rotatable bonds is 5. The van der Waals surface area contributed by atoms with Gasteiger partial charge in [-0.15, -0.1) is 20.1 Å². The van der Waals surface area contributed by atoms with Crippen molar-refractivity contribution in [3.8, 4) is 23.1 Å². The highest BCUT2D eigenvalue weighted by Gasteiger charge is 2.19. The van der Waals surface area contributed by atoms with Crippen molar-refractivity contribution in [1.82, 2.24) is 40.0 Å². The molecule has 0 N–H and O–H groups in total. The molecule has 27 heavy (non-hydrogen) atoms. The van der Waals surface area contributed by atoms with E-state index in [9.17, 15) is 0 Å². The lowest BCUT2D eigenvalue weighted by molar-refractivity contribution is 0.190. The fourth-order valence-electron chi connectivity index (χ4n) is 2.62. The first kappa shape index (κ1) is 16.8. The van der Waals surface area contributed by atoms with E-state index in [-0.39, 0.29) is 0 Å². The number of ether oxygens (including phenoxy) is 1. The summed E-state index contributed by atoms with van der Waals surface area (Å²) in [7, 11) is 1.83. The topological polar surface area (TPSA) is 96.4 Å². The Labute approximate surface area is 155 Å². The van der Waals surface area contributed by atoms with Gasteiger partial charge in [-0.3, -0.25) is 9.55 Å². The van der Waals surface area contributed by atoms with Crippen molar-refractivity contribution >= 4 is 0 Å². The minimum Gasteiger partial charge on any atom is -0.452 e. The van der Waals surface area contributed by atoms with Crippen molar-refractivity contribution in [2.45, 2.75) is 20.0 Å². The summed E-state index contributed by atoms with van der Waals surface area (Å²) in [6.45, 7) is 3.86. The molecule has 0 aliphatic carbocycles. The normalized spacial score (nSPS) is 12.1. The molecule has 1 atom stereocenters. The smallest absolute Gasteiger partial charge is 0.317 e. The SMILES string of the molecule is Cc1cccc(-n2nnc(C(C)Oc3nnc(-c4cccnc4)n3C)n2)c1. The van der Waals surface area contributed by atoms with Crippen molar-refractivity contribution in [2.24, 2.45) is 7.05 Å². The number of tetrazole rings is 1. The lowest BCUT2D eigenvalue weighted by atomic mass is 10.2. The molecule has 4 aromatic rings. The molecule has 3 aromatic heterocycles. The van der Waals surface area contributed by atoms with E-state index in [4.69, 9.17) is 4.74 Å². The molecule has 0 bridgehead atoms. The van der Waals surface area contributed by atoms with E-state index >= 15 is 0 Å². The highest BCUT2D eigenvalue weighted by Crippen LogP contribution is 2.22. The van der Waals surface area contributed by atoms with Gasteiger partial charge in [0, 0.05) is 25.0 Å². The molecule has 0 amide bonds. The minimum atomic E-state index is -0.437. The van der Waals surface area contributed by atoms with Crippen LogP contribution < -0.4 is 4.74 Å². The Hall–Kier alpha value is -3.62. The van der Waals surface area contributed by atoms with Gasteiger partial charge in [0.15, 0.2) is 11.9 Å². The van der Waals surface area contributed by atoms with Gasteiger partial charge in [-0.25, -0.2) is 0 Å². The van der Waals surface area contributed by atoms with Crippen LogP contribution >= 0.6 is 0 Å². The van der Waals surface area contributed by atoms with Gasteiger partial charge >= 0.3 is 6.01 Å². The highest BCUT2D eigenvalue weighted by molar-refractivity contribution is 5.53. The largest absolute Gasteiger partial charge is 0.452 e. The van der Waals surface area contributed by atoms with Crippen LogP contribution in [0, 0.1) is 6.92 Å². The molecule has 9 nitrogen and oxygen atoms in total. The molecule has 0 saturated heterocycles. The number of pyridine rings is 1. The third kappa shape index (κ3) is 3.39. The molecule has 0 spiro atoms. The van der Waals surface area contributed by atoms with Crippen LogP contribution in [-0.4, -0.2) is 40.0 Å². The fourth-order valence-corrected chi connectivity index (χ4v) is 2.62. The van der Waals surface area contributed by atoms with Gasteiger partial charge < -0.3 is 4.74 Å². The third-order valence-electron chi connectivity index (χ3n) is 4.06. The van der Waals surface area contributed by atoms with Gasteiger partial charge in [0.2, 0.25) is 5.82 Å². The summed E-state index contributed by atoms with van der Waals surface area (Å²) in [4.78, 5) is 5.59. The van der Waals surface area contributed by atoms with Gasteiger partial charge in [-0.2, -0.15) is 0 Å². The molecule has 0 radical (unpaired) electrons. The monoisotopic (exact) mass is 362 g/mol. The van der Waals surface area contributed by atoms with Crippen LogP contribution in [0.3, 0.4) is 0 Å². The molecule has 3 heterocycles. The first-order valence-electron chi connectivity index (χ1n) is 8.45. The Kier molecular flexibility index (Phi) is 4.33. The molecule has 1 unspecified atom stereocenters. The Morgan fingerprint density at radius 2 is 1.96 bits per heavy atom. The Morgan fingerprint density at radius 3 is 2.74 bits per heavy atom. The first-order chi connectivity index (χ1) is 13.1. The second-order valence-corrected chi connectivity index (χ2v) is 6.14. The Morgan fingerprint density at radius 1 is 1.07 bits per heavy atom. The fraction of sp³-hybridized carbons (Fsp3) is 0.222. The maximum atomic E-state index is 5.90. The number of hydrogen-bond donors (Lipinski definition) is 0. The molecule has 0 saturated carbocycles. The van der Waals surface area contributed by atoms with Crippen molar-refractivity contribution in [3.05, 3.63) is 60.2 Å². The second-order valence-electron chi connectivity index (χ2n) is 6.14. The molecular formula is C18H18N8O. The molecule has 4 rings (SSSR count). The first-order valence-corrected chi connectivity index (χ1v) is 8.45. The van der Waals surface area contributed by atoms with Crippen molar-refractivity contribution in [2.75, 3.05) is 0 Å². The predicted molar refractivity (Wildman–Crippen MR) is 97.2 cm³/mol. The van der Waals surface area contributed by atoms with Gasteiger partial charge in [0.25, 0.3) is 0 Å². The second kappa shape index (κ2) is 6.94. The zero-order valence-corrected chi connectivity index (χ0v) is 15.2. The summed E-state index contributed by atoms with van der Waals surface area (Å²) >= 11 is 0.